The van der Waals surface area contributed by atoms with Crippen LogP contribution >= 0.6 is 11.8 Å². The molecule has 1 aromatic rings. The monoisotopic (exact) mass is 237 g/mol. The summed E-state index contributed by atoms with van der Waals surface area (Å²) in [6.45, 7) is 4.67. The summed E-state index contributed by atoms with van der Waals surface area (Å²) < 4.78 is 2.40. The predicted octanol–water partition coefficient (Wildman–Crippen LogP) is 1.56. The van der Waals surface area contributed by atoms with E-state index >= 15 is 0 Å². The maximum atomic E-state index is 3.65. The average molecular weight is 237 g/mol. The number of rotatable bonds is 1. The van der Waals surface area contributed by atoms with Crippen LogP contribution in [0.2, 0.25) is 0 Å². The first-order valence-corrected chi connectivity index (χ1v) is 7.06. The van der Waals surface area contributed by atoms with E-state index in [2.05, 4.69) is 34.1 Å². The van der Waals surface area contributed by atoms with E-state index in [1.54, 1.807) is 0 Å². The van der Waals surface area contributed by atoms with E-state index in [1.165, 1.54) is 35.9 Å². The Morgan fingerprint density at radius 1 is 1.44 bits per heavy atom. The molecular formula is C12H19N3S. The van der Waals surface area contributed by atoms with Crippen LogP contribution in [0.5, 0.6) is 0 Å². The minimum Gasteiger partial charge on any atom is -0.342 e. The first-order chi connectivity index (χ1) is 7.83. The van der Waals surface area contributed by atoms with Crippen molar-refractivity contribution < 1.29 is 0 Å². The van der Waals surface area contributed by atoms with Crippen LogP contribution in [0.25, 0.3) is 0 Å². The lowest BCUT2D eigenvalue weighted by Gasteiger charge is -2.19. The summed E-state index contributed by atoms with van der Waals surface area (Å²) in [6, 6.07) is 2.89. The van der Waals surface area contributed by atoms with E-state index in [4.69, 9.17) is 0 Å². The molecule has 1 N–H and O–H groups in total. The molecule has 2 aliphatic rings. The highest BCUT2D eigenvalue weighted by atomic mass is 32.2. The second-order valence-corrected chi connectivity index (χ2v) is 5.89. The van der Waals surface area contributed by atoms with Crippen LogP contribution in [0.15, 0.2) is 17.3 Å². The summed E-state index contributed by atoms with van der Waals surface area (Å²) in [5.41, 5.74) is 1.47. The van der Waals surface area contributed by atoms with Crippen molar-refractivity contribution in [3.05, 3.63) is 17.8 Å². The van der Waals surface area contributed by atoms with Crippen molar-refractivity contribution in [1.29, 1.82) is 0 Å². The lowest BCUT2D eigenvalue weighted by Crippen LogP contribution is -2.28. The minimum absolute atomic E-state index is 0.520. The number of fused-ring (bicyclic) bond motifs is 1. The fourth-order valence-corrected chi connectivity index (χ4v) is 3.59. The number of nitrogens with zero attached hydrogens (tertiary/aromatic N) is 2. The van der Waals surface area contributed by atoms with Gasteiger partial charge in [0.05, 0.1) is 5.03 Å². The quantitative estimate of drug-likeness (QED) is 0.800. The van der Waals surface area contributed by atoms with Crippen LogP contribution in [-0.2, 0) is 6.54 Å². The number of likely N-dealkylation sites (N-methyl/N-ethyl adjacent to an activating group) is 1. The third-order valence-electron chi connectivity index (χ3n) is 3.46. The molecule has 0 bridgehead atoms. The number of hydrogen-bond donors (Lipinski definition) is 1. The number of nitrogens with one attached hydrogen (secondary N) is 1. The van der Waals surface area contributed by atoms with Gasteiger partial charge in [-0.3, -0.25) is 0 Å². The summed E-state index contributed by atoms with van der Waals surface area (Å²) in [4.78, 5) is 2.43. The van der Waals surface area contributed by atoms with Crippen LogP contribution in [0.3, 0.4) is 0 Å². The fraction of sp³-hybridized carbons (Fsp3) is 0.667. The molecule has 3 rings (SSSR count). The zero-order valence-electron chi connectivity index (χ0n) is 9.78. The first kappa shape index (κ1) is 10.7. The fourth-order valence-electron chi connectivity index (χ4n) is 2.56. The molecule has 4 heteroatoms. The summed E-state index contributed by atoms with van der Waals surface area (Å²) in [7, 11) is 2.22. The number of aryl methyl sites for hydroxylation is 1. The Morgan fingerprint density at radius 2 is 2.38 bits per heavy atom. The number of aromatic nitrogens is 1. The SMILES string of the molecule is CN1CCCNC(c2cc3n(c2)CCS3)C1. The van der Waals surface area contributed by atoms with Gasteiger partial charge in [0, 0.05) is 31.1 Å². The van der Waals surface area contributed by atoms with Crippen molar-refractivity contribution in [2.24, 2.45) is 0 Å². The third kappa shape index (κ3) is 2.01. The van der Waals surface area contributed by atoms with Gasteiger partial charge in [0.2, 0.25) is 0 Å². The Hall–Kier alpha value is -0.450. The molecule has 1 aromatic heterocycles. The van der Waals surface area contributed by atoms with Crippen molar-refractivity contribution >= 4 is 11.8 Å². The van der Waals surface area contributed by atoms with Gasteiger partial charge >= 0.3 is 0 Å². The maximum absolute atomic E-state index is 3.65. The molecule has 3 nitrogen and oxygen atoms in total. The van der Waals surface area contributed by atoms with Crippen molar-refractivity contribution in [1.82, 2.24) is 14.8 Å². The van der Waals surface area contributed by atoms with Gasteiger partial charge < -0.3 is 14.8 Å². The second-order valence-electron chi connectivity index (χ2n) is 4.78. The predicted molar refractivity (Wildman–Crippen MR) is 68.0 cm³/mol. The van der Waals surface area contributed by atoms with Crippen LogP contribution in [-0.4, -0.2) is 41.9 Å². The van der Waals surface area contributed by atoms with Crippen LogP contribution in [0.4, 0.5) is 0 Å². The third-order valence-corrected chi connectivity index (χ3v) is 4.50. The maximum Gasteiger partial charge on any atom is 0.0752 e. The Morgan fingerprint density at radius 3 is 3.25 bits per heavy atom. The molecule has 1 unspecified atom stereocenters. The lowest BCUT2D eigenvalue weighted by atomic mass is 10.1. The van der Waals surface area contributed by atoms with Gasteiger partial charge in [0.15, 0.2) is 0 Å². The van der Waals surface area contributed by atoms with Gasteiger partial charge in [0.1, 0.15) is 0 Å². The molecule has 3 heterocycles. The van der Waals surface area contributed by atoms with E-state index in [9.17, 15) is 0 Å². The topological polar surface area (TPSA) is 20.2 Å². The highest BCUT2D eigenvalue weighted by Gasteiger charge is 2.21. The van der Waals surface area contributed by atoms with E-state index in [0.717, 1.165) is 13.1 Å². The van der Waals surface area contributed by atoms with Gasteiger partial charge in [0.25, 0.3) is 0 Å². The Kier molecular flexibility index (Phi) is 2.96. The minimum atomic E-state index is 0.520. The summed E-state index contributed by atoms with van der Waals surface area (Å²) >= 11 is 1.98. The molecule has 0 aliphatic carbocycles. The molecule has 0 spiro atoms. The molecule has 1 fully saturated rings. The van der Waals surface area contributed by atoms with Crippen LogP contribution < -0.4 is 5.32 Å². The number of hydrogen-bond acceptors (Lipinski definition) is 3. The van der Waals surface area contributed by atoms with Gasteiger partial charge in [-0.25, -0.2) is 0 Å². The molecule has 88 valence electrons. The molecule has 0 amide bonds. The molecule has 2 aliphatic heterocycles. The van der Waals surface area contributed by atoms with E-state index in [-0.39, 0.29) is 0 Å². The normalized spacial score (nSPS) is 26.7. The van der Waals surface area contributed by atoms with Gasteiger partial charge in [-0.2, -0.15) is 0 Å². The van der Waals surface area contributed by atoms with Crippen molar-refractivity contribution in [3.8, 4) is 0 Å². The van der Waals surface area contributed by atoms with Gasteiger partial charge in [-0.15, -0.1) is 11.8 Å². The Labute approximate surface area is 101 Å². The molecule has 1 atom stereocenters. The van der Waals surface area contributed by atoms with Gasteiger partial charge in [-0.1, -0.05) is 0 Å². The number of thioether (sulfide) groups is 1. The summed E-state index contributed by atoms with van der Waals surface area (Å²) in [5, 5.41) is 5.10. The smallest absolute Gasteiger partial charge is 0.0752 e. The van der Waals surface area contributed by atoms with E-state index in [1.807, 2.05) is 11.8 Å². The molecule has 16 heavy (non-hydrogen) atoms. The average Bonchev–Trinajstić information content (AvgIpc) is 2.76. The first-order valence-electron chi connectivity index (χ1n) is 6.08. The highest BCUT2D eigenvalue weighted by Crippen LogP contribution is 2.30. The lowest BCUT2D eigenvalue weighted by molar-refractivity contribution is 0.326. The van der Waals surface area contributed by atoms with E-state index < -0.39 is 0 Å². The van der Waals surface area contributed by atoms with Crippen LogP contribution in [0, 0.1) is 0 Å². The molecular weight excluding hydrogens is 218 g/mol. The van der Waals surface area contributed by atoms with Gasteiger partial charge in [-0.05, 0) is 38.2 Å². The van der Waals surface area contributed by atoms with Crippen molar-refractivity contribution in [2.75, 3.05) is 32.4 Å². The summed E-state index contributed by atoms with van der Waals surface area (Å²) in [5.74, 6) is 1.24. The van der Waals surface area contributed by atoms with Crippen LogP contribution in [0.1, 0.15) is 18.0 Å². The largest absolute Gasteiger partial charge is 0.342 e. The zero-order valence-corrected chi connectivity index (χ0v) is 10.6. The molecule has 0 radical (unpaired) electrons. The van der Waals surface area contributed by atoms with Crippen molar-refractivity contribution in [2.45, 2.75) is 24.0 Å². The summed E-state index contributed by atoms with van der Waals surface area (Å²) in [6.07, 6.45) is 3.60. The highest BCUT2D eigenvalue weighted by molar-refractivity contribution is 7.99. The second kappa shape index (κ2) is 4.43. The zero-order chi connectivity index (χ0) is 11.0. The standard InChI is InChI=1S/C12H19N3S/c1-14-4-2-3-13-11(9-14)10-7-12-15(8-10)5-6-16-12/h7-8,11,13H,2-6,9H2,1H3. The van der Waals surface area contributed by atoms with Crippen molar-refractivity contribution in [3.63, 3.8) is 0 Å². The van der Waals surface area contributed by atoms with E-state index in [0.29, 0.717) is 6.04 Å². The molecule has 0 aromatic carbocycles. The Balaban J connectivity index is 1.79. The Bertz CT molecular complexity index is 353. The molecule has 0 saturated carbocycles. The molecule has 1 saturated heterocycles.